The Hall–Kier alpha value is -0.940. The summed E-state index contributed by atoms with van der Waals surface area (Å²) in [7, 11) is 1.54. The maximum absolute atomic E-state index is 11.1. The van der Waals surface area contributed by atoms with Crippen molar-refractivity contribution >= 4 is 19.7 Å². The topological polar surface area (TPSA) is 52.6 Å². The first-order valence-corrected chi connectivity index (χ1v) is 7.26. The van der Waals surface area contributed by atoms with Crippen LogP contribution in [0, 0.1) is 0 Å². The van der Waals surface area contributed by atoms with Gasteiger partial charge in [-0.05, 0) is 18.6 Å². The van der Waals surface area contributed by atoms with Gasteiger partial charge in [0.15, 0.2) is 11.5 Å². The molecule has 0 aromatic heterocycles. The van der Waals surface area contributed by atoms with Crippen LogP contribution in [-0.4, -0.2) is 14.2 Å². The second kappa shape index (κ2) is 3.05. The number of rotatable bonds is 1. The van der Waals surface area contributed by atoms with Gasteiger partial charge in [-0.2, -0.15) is 0 Å². The molecule has 0 N–H and O–H groups in total. The summed E-state index contributed by atoms with van der Waals surface area (Å²) in [5.41, 5.74) is 0. The molecule has 16 heavy (non-hydrogen) atoms. The molecule has 0 saturated heterocycles. The molecule has 1 aliphatic carbocycles. The van der Waals surface area contributed by atoms with Crippen molar-refractivity contribution in [2.75, 3.05) is 0 Å². The van der Waals surface area contributed by atoms with Gasteiger partial charge in [-0.25, -0.2) is 8.42 Å². The molecule has 1 fully saturated rings. The van der Waals surface area contributed by atoms with E-state index in [1.165, 1.54) is 12.1 Å². The third kappa shape index (κ3) is 1.46. The molecule has 1 aromatic rings. The first-order valence-electron chi connectivity index (χ1n) is 4.95. The molecule has 1 aliphatic heterocycles. The maximum Gasteiger partial charge on any atom is 0.261 e. The van der Waals surface area contributed by atoms with Gasteiger partial charge in [0, 0.05) is 29.6 Å². The highest BCUT2D eigenvalue weighted by atomic mass is 35.7. The van der Waals surface area contributed by atoms with Gasteiger partial charge < -0.3 is 9.47 Å². The number of ether oxygens (including phenoxy) is 2. The minimum Gasteiger partial charge on any atom is -0.448 e. The van der Waals surface area contributed by atoms with Crippen LogP contribution in [0.15, 0.2) is 23.1 Å². The number of hydrogen-bond acceptors (Lipinski definition) is 4. The maximum atomic E-state index is 11.1. The highest BCUT2D eigenvalue weighted by Gasteiger charge is 2.47. The number of benzene rings is 1. The second-order valence-electron chi connectivity index (χ2n) is 4.01. The van der Waals surface area contributed by atoms with E-state index < -0.39 is 14.8 Å². The zero-order chi connectivity index (χ0) is 11.4. The Balaban J connectivity index is 2.00. The molecular formula is C10H9ClO4S. The van der Waals surface area contributed by atoms with Gasteiger partial charge in [0.25, 0.3) is 14.8 Å². The van der Waals surface area contributed by atoms with E-state index >= 15 is 0 Å². The van der Waals surface area contributed by atoms with Crippen molar-refractivity contribution in [3.05, 3.63) is 18.2 Å². The third-order valence-electron chi connectivity index (χ3n) is 2.90. The van der Waals surface area contributed by atoms with E-state index in [9.17, 15) is 8.42 Å². The summed E-state index contributed by atoms with van der Waals surface area (Å²) in [4.78, 5) is 0.0351. The van der Waals surface area contributed by atoms with Crippen molar-refractivity contribution in [1.29, 1.82) is 0 Å². The van der Waals surface area contributed by atoms with E-state index in [0.29, 0.717) is 11.5 Å². The molecule has 3 rings (SSSR count). The highest BCUT2D eigenvalue weighted by molar-refractivity contribution is 8.13. The van der Waals surface area contributed by atoms with Crippen LogP contribution in [0.2, 0.25) is 0 Å². The predicted molar refractivity (Wildman–Crippen MR) is 57.3 cm³/mol. The Labute approximate surface area is 97.5 Å². The van der Waals surface area contributed by atoms with Crippen LogP contribution >= 0.6 is 10.7 Å². The fraction of sp³-hybridized carbons (Fsp3) is 0.400. The molecule has 0 atom stereocenters. The van der Waals surface area contributed by atoms with Gasteiger partial charge >= 0.3 is 0 Å². The summed E-state index contributed by atoms with van der Waals surface area (Å²) >= 11 is 0. The SMILES string of the molecule is O=S(=O)(Cl)c1ccc2c(c1)OC1(CCC1)O2. The van der Waals surface area contributed by atoms with Crippen LogP contribution in [0.3, 0.4) is 0 Å². The second-order valence-corrected chi connectivity index (χ2v) is 6.58. The van der Waals surface area contributed by atoms with Crippen LogP contribution in [-0.2, 0) is 9.05 Å². The monoisotopic (exact) mass is 260 g/mol. The number of halogens is 1. The average Bonchev–Trinajstić information content (AvgIpc) is 2.53. The Kier molecular flexibility index (Phi) is 1.95. The molecule has 6 heteroatoms. The normalized spacial score (nSPS) is 20.8. The lowest BCUT2D eigenvalue weighted by molar-refractivity contribution is -0.138. The van der Waals surface area contributed by atoms with E-state index in [1.807, 2.05) is 0 Å². The van der Waals surface area contributed by atoms with Gasteiger partial charge in [-0.1, -0.05) is 0 Å². The predicted octanol–water partition coefficient (Wildman–Crippen LogP) is 2.27. The zero-order valence-corrected chi connectivity index (χ0v) is 9.85. The zero-order valence-electron chi connectivity index (χ0n) is 8.27. The summed E-state index contributed by atoms with van der Waals surface area (Å²) in [5.74, 6) is 0.502. The molecule has 1 aromatic carbocycles. The van der Waals surface area contributed by atoms with E-state index in [2.05, 4.69) is 0 Å². The molecule has 1 spiro atoms. The van der Waals surface area contributed by atoms with E-state index in [4.69, 9.17) is 20.2 Å². The molecule has 0 bridgehead atoms. The van der Waals surface area contributed by atoms with Gasteiger partial charge in [-0.15, -0.1) is 0 Å². The molecule has 1 heterocycles. The van der Waals surface area contributed by atoms with Crippen molar-refractivity contribution in [1.82, 2.24) is 0 Å². The van der Waals surface area contributed by atoms with Gasteiger partial charge in [-0.3, -0.25) is 0 Å². The van der Waals surface area contributed by atoms with Crippen molar-refractivity contribution in [3.63, 3.8) is 0 Å². The summed E-state index contributed by atoms with van der Waals surface area (Å²) in [5, 5.41) is 0. The van der Waals surface area contributed by atoms with Crippen LogP contribution in [0.1, 0.15) is 19.3 Å². The Morgan fingerprint density at radius 2 is 1.88 bits per heavy atom. The summed E-state index contributed by atoms with van der Waals surface area (Å²) in [6.45, 7) is 0. The molecule has 0 radical (unpaired) electrons. The van der Waals surface area contributed by atoms with Crippen molar-refractivity contribution in [2.24, 2.45) is 0 Å². The van der Waals surface area contributed by atoms with Crippen LogP contribution < -0.4 is 9.47 Å². The summed E-state index contributed by atoms with van der Waals surface area (Å²) < 4.78 is 33.6. The fourth-order valence-corrected chi connectivity index (χ4v) is 2.66. The molecule has 1 saturated carbocycles. The average molecular weight is 261 g/mol. The Morgan fingerprint density at radius 1 is 1.19 bits per heavy atom. The number of fused-ring (bicyclic) bond motifs is 1. The molecule has 2 aliphatic rings. The molecule has 4 nitrogen and oxygen atoms in total. The van der Waals surface area contributed by atoms with E-state index in [1.54, 1.807) is 6.07 Å². The standard InChI is InChI=1S/C10H9ClO4S/c11-16(12,13)7-2-3-8-9(6-7)15-10(14-8)4-1-5-10/h2-3,6H,1,4-5H2. The van der Waals surface area contributed by atoms with Gasteiger partial charge in [0.05, 0.1) is 4.90 Å². The van der Waals surface area contributed by atoms with Crippen molar-refractivity contribution in [3.8, 4) is 11.5 Å². The minimum atomic E-state index is -3.71. The molecular weight excluding hydrogens is 252 g/mol. The molecule has 0 unspecified atom stereocenters. The fourth-order valence-electron chi connectivity index (χ4n) is 1.90. The summed E-state index contributed by atoms with van der Waals surface area (Å²) in [6.07, 6.45) is 2.74. The minimum absolute atomic E-state index is 0.0351. The first-order chi connectivity index (χ1) is 7.49. The lowest BCUT2D eigenvalue weighted by Crippen LogP contribution is -2.45. The lowest BCUT2D eigenvalue weighted by atomic mass is 9.91. The quantitative estimate of drug-likeness (QED) is 0.727. The Morgan fingerprint density at radius 3 is 2.44 bits per heavy atom. The lowest BCUT2D eigenvalue weighted by Gasteiger charge is -2.35. The van der Waals surface area contributed by atoms with Crippen molar-refractivity contribution in [2.45, 2.75) is 29.9 Å². The highest BCUT2D eigenvalue weighted by Crippen LogP contribution is 2.48. The van der Waals surface area contributed by atoms with E-state index in [-0.39, 0.29) is 4.90 Å². The third-order valence-corrected chi connectivity index (χ3v) is 4.26. The molecule has 86 valence electrons. The smallest absolute Gasteiger partial charge is 0.261 e. The van der Waals surface area contributed by atoms with E-state index in [0.717, 1.165) is 19.3 Å². The first kappa shape index (κ1) is 10.2. The van der Waals surface area contributed by atoms with Gasteiger partial charge in [0.2, 0.25) is 0 Å². The van der Waals surface area contributed by atoms with Gasteiger partial charge in [0.1, 0.15) is 0 Å². The summed E-state index contributed by atoms with van der Waals surface area (Å²) in [6, 6.07) is 4.41. The largest absolute Gasteiger partial charge is 0.448 e. The molecule has 0 amide bonds. The van der Waals surface area contributed by atoms with Crippen LogP contribution in [0.25, 0.3) is 0 Å². The number of hydrogen-bond donors (Lipinski definition) is 0. The van der Waals surface area contributed by atoms with Crippen LogP contribution in [0.4, 0.5) is 0 Å². The Bertz CT molecular complexity index is 548. The van der Waals surface area contributed by atoms with Crippen LogP contribution in [0.5, 0.6) is 11.5 Å². The van der Waals surface area contributed by atoms with Crippen molar-refractivity contribution < 1.29 is 17.9 Å².